The maximum Gasteiger partial charge on any atom is 0.0465 e. The van der Waals surface area contributed by atoms with Crippen molar-refractivity contribution in [3.8, 4) is 55.6 Å². The number of anilines is 3. The van der Waals surface area contributed by atoms with E-state index in [0.29, 0.717) is 5.92 Å². The van der Waals surface area contributed by atoms with Crippen molar-refractivity contribution < 1.29 is 0 Å². The zero-order valence-corrected chi connectivity index (χ0v) is 36.2. The van der Waals surface area contributed by atoms with Gasteiger partial charge in [0.1, 0.15) is 0 Å². The van der Waals surface area contributed by atoms with Crippen LogP contribution in [0.2, 0.25) is 0 Å². The lowest BCUT2D eigenvalue weighted by molar-refractivity contribution is 0.327. The number of rotatable bonds is 5. The van der Waals surface area contributed by atoms with Gasteiger partial charge >= 0.3 is 0 Å². The highest BCUT2D eigenvalue weighted by Gasteiger charge is 2.56. The monoisotopic (exact) mass is 797 g/mol. The van der Waals surface area contributed by atoms with Gasteiger partial charge in [-0.15, -0.1) is 0 Å². The maximum atomic E-state index is 2.60. The Bertz CT molecular complexity index is 3160. The van der Waals surface area contributed by atoms with E-state index in [2.05, 4.69) is 209 Å². The lowest BCUT2D eigenvalue weighted by Gasteiger charge is -2.37. The summed E-state index contributed by atoms with van der Waals surface area (Å²) >= 11 is 0. The molecule has 300 valence electrons. The van der Waals surface area contributed by atoms with Crippen molar-refractivity contribution in [1.29, 1.82) is 0 Å². The number of nitrogens with zero attached hydrogens (tertiary/aromatic N) is 1. The van der Waals surface area contributed by atoms with Gasteiger partial charge in [0.25, 0.3) is 0 Å². The van der Waals surface area contributed by atoms with E-state index in [0.717, 1.165) is 5.92 Å². The van der Waals surface area contributed by atoms with Gasteiger partial charge < -0.3 is 4.90 Å². The van der Waals surface area contributed by atoms with Gasteiger partial charge in [-0.05, 0) is 157 Å². The van der Waals surface area contributed by atoms with Crippen molar-refractivity contribution in [3.63, 3.8) is 0 Å². The van der Waals surface area contributed by atoms with Crippen LogP contribution in [0.4, 0.5) is 17.1 Å². The first-order valence-corrected chi connectivity index (χ1v) is 23.0. The Morgan fingerprint density at radius 1 is 0.387 bits per heavy atom. The number of benzene rings is 8. The summed E-state index contributed by atoms with van der Waals surface area (Å²) in [6.45, 7) is 9.57. The second-order valence-electron chi connectivity index (χ2n) is 20.1. The van der Waals surface area contributed by atoms with Crippen LogP contribution < -0.4 is 4.90 Å². The smallest absolute Gasteiger partial charge is 0.0465 e. The topological polar surface area (TPSA) is 3.24 Å². The highest BCUT2D eigenvalue weighted by Crippen LogP contribution is 2.66. The SMILES string of the molecule is CC1(C)c2ccccc2-c2ccc(N(c3ccc(-c4ccccc4-c4cccc5c4C(C)(C)c4ccccc4-5)cc3)c3ccc4c(c3)C3(CC5CCC3C5)c3ccccc3-4)cc21. The number of hydrogen-bond acceptors (Lipinski definition) is 1. The van der Waals surface area contributed by atoms with Crippen LogP contribution in [0.25, 0.3) is 55.6 Å². The second-order valence-corrected chi connectivity index (χ2v) is 20.1. The lowest BCUT2D eigenvalue weighted by Crippen LogP contribution is -2.32. The van der Waals surface area contributed by atoms with Crippen molar-refractivity contribution in [2.75, 3.05) is 4.90 Å². The van der Waals surface area contributed by atoms with Crippen molar-refractivity contribution in [3.05, 3.63) is 209 Å². The van der Waals surface area contributed by atoms with Crippen LogP contribution in [-0.4, -0.2) is 0 Å². The molecular weight excluding hydrogens is 747 g/mol. The Hall–Kier alpha value is -6.44. The van der Waals surface area contributed by atoms with Crippen molar-refractivity contribution >= 4 is 17.1 Å². The van der Waals surface area contributed by atoms with E-state index in [1.165, 1.54) is 121 Å². The molecule has 3 atom stereocenters. The van der Waals surface area contributed by atoms with Crippen molar-refractivity contribution in [2.45, 2.75) is 69.6 Å². The molecule has 8 aromatic rings. The highest BCUT2D eigenvalue weighted by molar-refractivity contribution is 5.94. The minimum Gasteiger partial charge on any atom is -0.310 e. The summed E-state index contributed by atoms with van der Waals surface area (Å²) < 4.78 is 0. The van der Waals surface area contributed by atoms with E-state index in [4.69, 9.17) is 0 Å². The third kappa shape index (κ3) is 4.80. The van der Waals surface area contributed by atoms with Gasteiger partial charge in [0, 0.05) is 33.3 Å². The molecule has 0 heterocycles. The molecule has 1 nitrogen and oxygen atoms in total. The van der Waals surface area contributed by atoms with E-state index in [1.807, 2.05) is 0 Å². The first kappa shape index (κ1) is 36.2. The van der Waals surface area contributed by atoms with Gasteiger partial charge in [-0.2, -0.15) is 0 Å². The van der Waals surface area contributed by atoms with Gasteiger partial charge in [0.2, 0.25) is 0 Å². The molecule has 5 aliphatic rings. The van der Waals surface area contributed by atoms with Gasteiger partial charge in [0.15, 0.2) is 0 Å². The predicted molar refractivity (Wildman–Crippen MR) is 259 cm³/mol. The van der Waals surface area contributed by atoms with Crippen LogP contribution in [0.1, 0.15) is 86.8 Å². The largest absolute Gasteiger partial charge is 0.310 e. The van der Waals surface area contributed by atoms with Crippen LogP contribution in [0, 0.1) is 11.8 Å². The summed E-state index contributed by atoms with van der Waals surface area (Å²) in [6.07, 6.45) is 5.36. The Morgan fingerprint density at radius 2 is 0.871 bits per heavy atom. The molecule has 0 radical (unpaired) electrons. The minimum atomic E-state index is -0.0976. The molecule has 62 heavy (non-hydrogen) atoms. The number of hydrogen-bond donors (Lipinski definition) is 0. The molecule has 2 bridgehead atoms. The normalized spacial score (nSPS) is 21.0. The Balaban J connectivity index is 0.959. The zero-order chi connectivity index (χ0) is 41.5. The van der Waals surface area contributed by atoms with Gasteiger partial charge in [0.05, 0.1) is 0 Å². The summed E-state index contributed by atoms with van der Waals surface area (Å²) in [7, 11) is 0. The molecule has 2 saturated carbocycles. The fourth-order valence-electron chi connectivity index (χ4n) is 13.6. The number of fused-ring (bicyclic) bond motifs is 14. The molecule has 0 aliphatic heterocycles. The van der Waals surface area contributed by atoms with Crippen LogP contribution in [0.15, 0.2) is 176 Å². The van der Waals surface area contributed by atoms with Gasteiger partial charge in [-0.25, -0.2) is 0 Å². The summed E-state index contributed by atoms with van der Waals surface area (Å²) in [5, 5.41) is 0. The molecular formula is C61H51N. The molecule has 3 unspecified atom stereocenters. The molecule has 8 aromatic carbocycles. The molecule has 0 N–H and O–H groups in total. The standard InChI is InChI=1S/C61H51N/c1-59(2)53-21-10-7-16-46(53)49-32-30-42(35-56(49)59)62(43-31-33-50-47-17-9-12-23-55(47)61(57(50)36-43)37-38-24-27-40(61)34-38)41-28-25-39(26-29-41)44-14-5-6-15-45(44)51-19-13-20-52-48-18-8-11-22-54(48)60(3,4)58(51)52/h5-23,25-26,28-33,35-36,38,40H,24,27,34,37H2,1-4H3. The molecule has 0 amide bonds. The molecule has 2 fully saturated rings. The van der Waals surface area contributed by atoms with E-state index in [-0.39, 0.29) is 16.2 Å². The van der Waals surface area contributed by atoms with Crippen LogP contribution in [-0.2, 0) is 16.2 Å². The minimum absolute atomic E-state index is 0.0958. The van der Waals surface area contributed by atoms with E-state index < -0.39 is 0 Å². The fraction of sp³-hybridized carbons (Fsp3) is 0.213. The van der Waals surface area contributed by atoms with E-state index >= 15 is 0 Å². The highest BCUT2D eigenvalue weighted by atomic mass is 15.1. The van der Waals surface area contributed by atoms with E-state index in [9.17, 15) is 0 Å². The summed E-state index contributed by atoms with van der Waals surface area (Å²) in [5.74, 6) is 1.54. The first-order chi connectivity index (χ1) is 30.2. The summed E-state index contributed by atoms with van der Waals surface area (Å²) in [5.41, 5.74) is 25.7. The van der Waals surface area contributed by atoms with Gasteiger partial charge in [-0.1, -0.05) is 174 Å². The molecule has 1 spiro atoms. The zero-order valence-electron chi connectivity index (χ0n) is 36.2. The lowest BCUT2D eigenvalue weighted by atomic mass is 9.67. The second kappa shape index (κ2) is 12.8. The average molecular weight is 798 g/mol. The summed E-state index contributed by atoms with van der Waals surface area (Å²) in [6, 6.07) is 67.4. The quantitative estimate of drug-likeness (QED) is 0.168. The molecule has 0 aromatic heterocycles. The molecule has 5 aliphatic carbocycles. The maximum absolute atomic E-state index is 2.60. The Labute approximate surface area is 366 Å². The molecule has 0 saturated heterocycles. The van der Waals surface area contributed by atoms with Crippen LogP contribution in [0.3, 0.4) is 0 Å². The van der Waals surface area contributed by atoms with Crippen LogP contribution >= 0.6 is 0 Å². The van der Waals surface area contributed by atoms with Crippen LogP contribution in [0.5, 0.6) is 0 Å². The van der Waals surface area contributed by atoms with Gasteiger partial charge in [-0.3, -0.25) is 0 Å². The predicted octanol–water partition coefficient (Wildman–Crippen LogP) is 16.2. The van der Waals surface area contributed by atoms with Crippen molar-refractivity contribution in [2.24, 2.45) is 11.8 Å². The first-order valence-electron chi connectivity index (χ1n) is 23.0. The molecule has 13 rings (SSSR count). The Kier molecular flexibility index (Phi) is 7.48. The Morgan fingerprint density at radius 3 is 1.52 bits per heavy atom. The summed E-state index contributed by atoms with van der Waals surface area (Å²) in [4.78, 5) is 2.54. The van der Waals surface area contributed by atoms with E-state index in [1.54, 1.807) is 11.1 Å². The molecule has 1 heteroatoms. The fourth-order valence-corrected chi connectivity index (χ4v) is 13.6. The third-order valence-electron chi connectivity index (χ3n) is 16.3. The average Bonchev–Trinajstić information content (AvgIpc) is 4.10. The third-order valence-corrected chi connectivity index (χ3v) is 16.3. The van der Waals surface area contributed by atoms with Crippen molar-refractivity contribution in [1.82, 2.24) is 0 Å².